The van der Waals surface area contributed by atoms with Crippen molar-refractivity contribution >= 4 is 22.6 Å². The van der Waals surface area contributed by atoms with Crippen LogP contribution >= 0.6 is 22.6 Å². The molecular weight excluding hydrogens is 351 g/mol. The summed E-state index contributed by atoms with van der Waals surface area (Å²) in [6, 6.07) is 10.2. The van der Waals surface area contributed by atoms with E-state index < -0.39 is 0 Å². The van der Waals surface area contributed by atoms with Crippen LogP contribution in [0.1, 0.15) is 38.2 Å². The zero-order valence-corrected chi connectivity index (χ0v) is 13.7. The summed E-state index contributed by atoms with van der Waals surface area (Å²) in [6.45, 7) is 3.18. The minimum absolute atomic E-state index is 0.180. The highest BCUT2D eigenvalue weighted by molar-refractivity contribution is 14.1. The summed E-state index contributed by atoms with van der Waals surface area (Å²) in [5, 5.41) is 0. The predicted octanol–water partition coefficient (Wildman–Crippen LogP) is 5.07. The summed E-state index contributed by atoms with van der Waals surface area (Å²) >= 11 is 2.23. The molecule has 0 aliphatic carbocycles. The van der Waals surface area contributed by atoms with Crippen LogP contribution in [0, 0.1) is 0 Å². The summed E-state index contributed by atoms with van der Waals surface area (Å²) in [5.41, 5.74) is 1.18. The highest BCUT2D eigenvalue weighted by Gasteiger charge is 2.04. The Balaban J connectivity index is 2.17. The van der Waals surface area contributed by atoms with Crippen molar-refractivity contribution in [2.45, 2.75) is 45.3 Å². The Morgan fingerprint density at radius 3 is 2.68 bits per heavy atom. The van der Waals surface area contributed by atoms with Crippen molar-refractivity contribution in [1.29, 1.82) is 0 Å². The van der Waals surface area contributed by atoms with Gasteiger partial charge in [0.25, 0.3) is 0 Å². The molecule has 0 aromatic heterocycles. The Kier molecular flexibility index (Phi) is 10.0. The number of halogens is 1. The highest BCUT2D eigenvalue weighted by atomic mass is 127. The molecule has 0 aliphatic rings. The molecule has 3 heteroatoms. The van der Waals surface area contributed by atoms with E-state index in [4.69, 9.17) is 9.47 Å². The molecule has 0 heterocycles. The van der Waals surface area contributed by atoms with E-state index in [9.17, 15) is 0 Å². The number of unbranched alkanes of at least 4 members (excludes halogenated alkanes) is 2. The Labute approximate surface area is 130 Å². The lowest BCUT2D eigenvalue weighted by molar-refractivity contribution is -0.0842. The Morgan fingerprint density at radius 2 is 2.00 bits per heavy atom. The van der Waals surface area contributed by atoms with Crippen molar-refractivity contribution in [3.05, 3.63) is 46.1 Å². The van der Waals surface area contributed by atoms with E-state index in [1.807, 2.05) is 22.3 Å². The third-order valence-electron chi connectivity index (χ3n) is 2.86. The largest absolute Gasteiger partial charge is 0.351 e. The van der Waals surface area contributed by atoms with Gasteiger partial charge < -0.3 is 9.47 Å². The molecule has 1 atom stereocenters. The fraction of sp³-hybridized carbons (Fsp3) is 0.500. The average molecular weight is 374 g/mol. The topological polar surface area (TPSA) is 18.5 Å². The Morgan fingerprint density at radius 1 is 1.21 bits per heavy atom. The standard InChI is InChI=1S/C16H23IO2/c1-2-3-5-10-16(11-12-17)19-14-18-13-15-8-6-4-7-9-15/h4,6-9,11-12,16H,2-3,5,10,13-14H2,1H3/b12-11+. The van der Waals surface area contributed by atoms with Crippen LogP contribution in [0.2, 0.25) is 0 Å². The minimum atomic E-state index is 0.180. The maximum atomic E-state index is 5.74. The van der Waals surface area contributed by atoms with Crippen molar-refractivity contribution in [3.8, 4) is 0 Å². The fourth-order valence-corrected chi connectivity index (χ4v) is 2.24. The number of ether oxygens (including phenoxy) is 2. The first-order valence-electron chi connectivity index (χ1n) is 6.87. The lowest BCUT2D eigenvalue weighted by Gasteiger charge is -2.14. The summed E-state index contributed by atoms with van der Waals surface area (Å²) < 4.78 is 13.3. The van der Waals surface area contributed by atoms with Crippen LogP contribution in [0.3, 0.4) is 0 Å². The van der Waals surface area contributed by atoms with E-state index in [1.165, 1.54) is 24.8 Å². The Hall–Kier alpha value is -0.390. The predicted molar refractivity (Wildman–Crippen MR) is 88.3 cm³/mol. The molecule has 0 aliphatic heterocycles. The minimum Gasteiger partial charge on any atom is -0.351 e. The number of rotatable bonds is 10. The average Bonchev–Trinajstić information content (AvgIpc) is 2.45. The van der Waals surface area contributed by atoms with Crippen LogP contribution in [0.15, 0.2) is 40.5 Å². The molecule has 0 fully saturated rings. The molecule has 0 bridgehead atoms. The van der Waals surface area contributed by atoms with Crippen LogP contribution < -0.4 is 0 Å². The van der Waals surface area contributed by atoms with Crippen LogP contribution in [0.4, 0.5) is 0 Å². The molecule has 0 saturated heterocycles. The molecule has 0 radical (unpaired) electrons. The zero-order valence-electron chi connectivity index (χ0n) is 11.6. The molecule has 1 rings (SSSR count). The van der Waals surface area contributed by atoms with Crippen molar-refractivity contribution in [2.75, 3.05) is 6.79 Å². The molecule has 0 spiro atoms. The second-order valence-electron chi connectivity index (χ2n) is 4.47. The molecule has 1 aromatic rings. The molecule has 0 N–H and O–H groups in total. The molecule has 0 saturated carbocycles. The van der Waals surface area contributed by atoms with Crippen LogP contribution in [-0.4, -0.2) is 12.9 Å². The van der Waals surface area contributed by atoms with E-state index in [0.717, 1.165) is 6.42 Å². The number of hydrogen-bond acceptors (Lipinski definition) is 2. The van der Waals surface area contributed by atoms with Crippen molar-refractivity contribution in [3.63, 3.8) is 0 Å². The van der Waals surface area contributed by atoms with Gasteiger partial charge in [0, 0.05) is 0 Å². The summed E-state index contributed by atoms with van der Waals surface area (Å²) in [4.78, 5) is 0. The molecule has 0 amide bonds. The Bertz CT molecular complexity index is 338. The lowest BCUT2D eigenvalue weighted by Crippen LogP contribution is -2.12. The molecule has 106 valence electrons. The maximum Gasteiger partial charge on any atom is 0.147 e. The smallest absolute Gasteiger partial charge is 0.147 e. The maximum absolute atomic E-state index is 5.74. The van der Waals surface area contributed by atoms with Gasteiger partial charge in [-0.25, -0.2) is 0 Å². The van der Waals surface area contributed by atoms with Gasteiger partial charge in [-0.15, -0.1) is 0 Å². The van der Waals surface area contributed by atoms with E-state index in [-0.39, 0.29) is 6.10 Å². The van der Waals surface area contributed by atoms with Gasteiger partial charge in [-0.2, -0.15) is 0 Å². The first kappa shape index (κ1) is 16.7. The van der Waals surface area contributed by atoms with E-state index in [2.05, 4.69) is 47.7 Å². The molecule has 1 aromatic carbocycles. The third kappa shape index (κ3) is 8.39. The van der Waals surface area contributed by atoms with Gasteiger partial charge in [-0.05, 0) is 22.1 Å². The van der Waals surface area contributed by atoms with E-state index >= 15 is 0 Å². The summed E-state index contributed by atoms with van der Waals surface area (Å²) in [7, 11) is 0. The van der Waals surface area contributed by atoms with Gasteiger partial charge in [-0.1, -0.05) is 79.1 Å². The molecular formula is C16H23IO2. The molecule has 19 heavy (non-hydrogen) atoms. The SMILES string of the molecule is CCCCCC(/C=C/I)OCOCc1ccccc1. The van der Waals surface area contributed by atoms with Crippen molar-refractivity contribution in [1.82, 2.24) is 0 Å². The van der Waals surface area contributed by atoms with Crippen LogP contribution in [-0.2, 0) is 16.1 Å². The molecule has 1 unspecified atom stereocenters. The van der Waals surface area contributed by atoms with Crippen molar-refractivity contribution < 1.29 is 9.47 Å². The van der Waals surface area contributed by atoms with Gasteiger partial charge in [0.1, 0.15) is 6.79 Å². The normalized spacial score (nSPS) is 12.9. The summed E-state index contributed by atoms with van der Waals surface area (Å²) in [6.07, 6.45) is 7.06. The highest BCUT2D eigenvalue weighted by Crippen LogP contribution is 2.10. The zero-order chi connectivity index (χ0) is 13.8. The van der Waals surface area contributed by atoms with E-state index in [0.29, 0.717) is 13.4 Å². The second kappa shape index (κ2) is 11.4. The van der Waals surface area contributed by atoms with Crippen molar-refractivity contribution in [2.24, 2.45) is 0 Å². The second-order valence-corrected chi connectivity index (χ2v) is 5.19. The third-order valence-corrected chi connectivity index (χ3v) is 3.27. The monoisotopic (exact) mass is 374 g/mol. The van der Waals surface area contributed by atoms with Gasteiger partial charge >= 0.3 is 0 Å². The van der Waals surface area contributed by atoms with Gasteiger partial charge in [0.2, 0.25) is 0 Å². The van der Waals surface area contributed by atoms with E-state index in [1.54, 1.807) is 0 Å². The first-order valence-corrected chi connectivity index (χ1v) is 8.11. The fourth-order valence-electron chi connectivity index (χ4n) is 1.78. The van der Waals surface area contributed by atoms with Gasteiger partial charge in [0.15, 0.2) is 0 Å². The van der Waals surface area contributed by atoms with Gasteiger partial charge in [-0.3, -0.25) is 0 Å². The molecule has 2 nitrogen and oxygen atoms in total. The summed E-state index contributed by atoms with van der Waals surface area (Å²) in [5.74, 6) is 0. The van der Waals surface area contributed by atoms with Crippen LogP contribution in [0.5, 0.6) is 0 Å². The lowest BCUT2D eigenvalue weighted by atomic mass is 10.1. The number of benzene rings is 1. The number of hydrogen-bond donors (Lipinski definition) is 0. The van der Waals surface area contributed by atoms with Gasteiger partial charge in [0.05, 0.1) is 12.7 Å². The quantitative estimate of drug-likeness (QED) is 0.323. The first-order chi connectivity index (χ1) is 9.36. The van der Waals surface area contributed by atoms with Crippen LogP contribution in [0.25, 0.3) is 0 Å².